The zero-order valence-electron chi connectivity index (χ0n) is 13.8. The van der Waals surface area contributed by atoms with Crippen molar-refractivity contribution in [3.63, 3.8) is 0 Å². The molecule has 6 heteroatoms. The normalized spacial score (nSPS) is 31.7. The predicted molar refractivity (Wildman–Crippen MR) is 82.5 cm³/mol. The molecule has 0 spiro atoms. The lowest BCUT2D eigenvalue weighted by molar-refractivity contribution is -0.138. The van der Waals surface area contributed by atoms with E-state index in [9.17, 15) is 9.18 Å². The number of hydrogen-bond donors (Lipinski definition) is 0. The van der Waals surface area contributed by atoms with E-state index in [4.69, 9.17) is 4.74 Å². The van der Waals surface area contributed by atoms with Crippen LogP contribution in [0, 0.1) is 0 Å². The van der Waals surface area contributed by atoms with Crippen molar-refractivity contribution in [2.45, 2.75) is 43.5 Å². The molecule has 0 radical (unpaired) electrons. The molecule has 0 bridgehead atoms. The van der Waals surface area contributed by atoms with Crippen LogP contribution in [0.5, 0.6) is 0 Å². The molecule has 1 aliphatic carbocycles. The molecule has 2 heterocycles. The van der Waals surface area contributed by atoms with Gasteiger partial charge in [0.2, 0.25) is 0 Å². The third-order valence-corrected chi connectivity index (χ3v) is 5.18. The van der Waals surface area contributed by atoms with Gasteiger partial charge in [0.25, 0.3) is 5.91 Å². The minimum atomic E-state index is -1.54. The number of carbonyl (C=O) groups is 1. The Balaban J connectivity index is 1.60. The highest BCUT2D eigenvalue weighted by Gasteiger charge is 2.53. The second-order valence-electron chi connectivity index (χ2n) is 7.15. The summed E-state index contributed by atoms with van der Waals surface area (Å²) in [4.78, 5) is 18.6. The summed E-state index contributed by atoms with van der Waals surface area (Å²) in [5.41, 5.74) is -1.54. The summed E-state index contributed by atoms with van der Waals surface area (Å²) in [6, 6.07) is 0.362. The van der Waals surface area contributed by atoms with Gasteiger partial charge in [-0.2, -0.15) is 0 Å². The summed E-state index contributed by atoms with van der Waals surface area (Å²) in [5.74, 6) is -0.286. The smallest absolute Gasteiger partial charge is 0.260 e. The van der Waals surface area contributed by atoms with Crippen molar-refractivity contribution < 1.29 is 13.9 Å². The van der Waals surface area contributed by atoms with Gasteiger partial charge in [-0.05, 0) is 39.8 Å². The largest absolute Gasteiger partial charge is 0.375 e. The zero-order chi connectivity index (χ0) is 15.7. The molecule has 3 aliphatic rings. The Bertz CT molecular complexity index is 414. The van der Waals surface area contributed by atoms with Gasteiger partial charge in [0.05, 0.1) is 12.7 Å². The second kappa shape index (κ2) is 6.42. The molecular formula is C16H28FN3O2. The number of likely N-dealkylation sites (N-methyl/N-ethyl adjacent to an activating group) is 1. The second-order valence-corrected chi connectivity index (χ2v) is 7.15. The van der Waals surface area contributed by atoms with Crippen LogP contribution in [0.1, 0.15) is 25.7 Å². The van der Waals surface area contributed by atoms with Crippen molar-refractivity contribution in [2.24, 2.45) is 0 Å². The molecular weight excluding hydrogens is 285 g/mol. The van der Waals surface area contributed by atoms with E-state index in [1.165, 1.54) is 0 Å². The fourth-order valence-electron chi connectivity index (χ4n) is 3.58. The Kier molecular flexibility index (Phi) is 4.71. The Hall–Kier alpha value is -0.720. The van der Waals surface area contributed by atoms with E-state index in [0.29, 0.717) is 32.0 Å². The number of alkyl halides is 1. The minimum Gasteiger partial charge on any atom is -0.375 e. The van der Waals surface area contributed by atoms with E-state index in [1.807, 2.05) is 0 Å². The van der Waals surface area contributed by atoms with Crippen LogP contribution >= 0.6 is 0 Å². The highest BCUT2D eigenvalue weighted by atomic mass is 19.1. The third kappa shape index (κ3) is 3.44. The Morgan fingerprint density at radius 3 is 2.68 bits per heavy atom. The molecule has 5 nitrogen and oxygen atoms in total. The van der Waals surface area contributed by atoms with Crippen molar-refractivity contribution in [2.75, 3.05) is 53.4 Å². The van der Waals surface area contributed by atoms with Crippen LogP contribution in [0.2, 0.25) is 0 Å². The zero-order valence-corrected chi connectivity index (χ0v) is 13.8. The van der Waals surface area contributed by atoms with Crippen molar-refractivity contribution >= 4 is 5.91 Å². The molecule has 3 rings (SSSR count). The average Bonchev–Trinajstić information content (AvgIpc) is 3.27. The standard InChI is InChI=1S/C16H28FN3O2/c1-18(2)9-10-19-11-12-22-14-4-8-20(7-3-13(14)19)15(21)16(17)5-6-16/h13-14H,3-12H2,1-2H3. The highest BCUT2D eigenvalue weighted by molar-refractivity contribution is 5.88. The van der Waals surface area contributed by atoms with Gasteiger partial charge < -0.3 is 14.5 Å². The van der Waals surface area contributed by atoms with E-state index in [1.54, 1.807) is 4.90 Å². The Labute approximate surface area is 132 Å². The third-order valence-electron chi connectivity index (χ3n) is 5.18. The number of hydrogen-bond acceptors (Lipinski definition) is 4. The fourth-order valence-corrected chi connectivity index (χ4v) is 3.58. The lowest BCUT2D eigenvalue weighted by Gasteiger charge is -2.40. The lowest BCUT2D eigenvalue weighted by Crippen LogP contribution is -2.52. The van der Waals surface area contributed by atoms with Gasteiger partial charge in [-0.15, -0.1) is 0 Å². The first-order valence-corrected chi connectivity index (χ1v) is 8.48. The van der Waals surface area contributed by atoms with Crippen LogP contribution in [-0.2, 0) is 9.53 Å². The summed E-state index contributed by atoms with van der Waals surface area (Å²) in [5, 5.41) is 0. The maximum atomic E-state index is 14.0. The first kappa shape index (κ1) is 16.1. The molecule has 0 aromatic rings. The number of likely N-dealkylation sites (tertiary alicyclic amines) is 1. The Morgan fingerprint density at radius 1 is 1.27 bits per heavy atom. The van der Waals surface area contributed by atoms with Crippen molar-refractivity contribution in [1.82, 2.24) is 14.7 Å². The minimum absolute atomic E-state index is 0.184. The summed E-state index contributed by atoms with van der Waals surface area (Å²) >= 11 is 0. The predicted octanol–water partition coefficient (Wildman–Crippen LogP) is 0.742. The quantitative estimate of drug-likeness (QED) is 0.767. The van der Waals surface area contributed by atoms with Crippen LogP contribution in [-0.4, -0.2) is 91.8 Å². The van der Waals surface area contributed by atoms with Crippen molar-refractivity contribution in [1.29, 1.82) is 0 Å². The molecule has 1 saturated carbocycles. The first-order chi connectivity index (χ1) is 10.5. The maximum absolute atomic E-state index is 14.0. The van der Waals surface area contributed by atoms with Crippen LogP contribution in [0.4, 0.5) is 4.39 Å². The van der Waals surface area contributed by atoms with E-state index < -0.39 is 5.67 Å². The SMILES string of the molecule is CN(C)CCN1CCOC2CCN(C(=O)C3(F)CC3)CCC21. The van der Waals surface area contributed by atoms with Crippen molar-refractivity contribution in [3.8, 4) is 0 Å². The van der Waals surface area contributed by atoms with E-state index >= 15 is 0 Å². The van der Waals surface area contributed by atoms with Gasteiger partial charge in [-0.25, -0.2) is 4.39 Å². The average molecular weight is 313 g/mol. The van der Waals surface area contributed by atoms with Crippen LogP contribution < -0.4 is 0 Å². The highest BCUT2D eigenvalue weighted by Crippen LogP contribution is 2.42. The molecule has 0 N–H and O–H groups in total. The number of halogens is 1. The van der Waals surface area contributed by atoms with Crippen LogP contribution in [0.25, 0.3) is 0 Å². The maximum Gasteiger partial charge on any atom is 0.260 e. The van der Waals surface area contributed by atoms with Gasteiger partial charge in [0.15, 0.2) is 5.67 Å². The molecule has 2 atom stereocenters. The lowest BCUT2D eigenvalue weighted by atomic mass is 10.0. The summed E-state index contributed by atoms with van der Waals surface area (Å²) < 4.78 is 20.0. The number of nitrogens with zero attached hydrogens (tertiary/aromatic N) is 3. The molecule has 2 aliphatic heterocycles. The van der Waals surface area contributed by atoms with Crippen molar-refractivity contribution in [3.05, 3.63) is 0 Å². The fraction of sp³-hybridized carbons (Fsp3) is 0.938. The van der Waals surface area contributed by atoms with Gasteiger partial charge in [0.1, 0.15) is 0 Å². The summed E-state index contributed by atoms with van der Waals surface area (Å²) in [6.07, 6.45) is 2.70. The molecule has 126 valence electrons. The van der Waals surface area contributed by atoms with E-state index in [0.717, 1.165) is 39.1 Å². The molecule has 0 aromatic carbocycles. The monoisotopic (exact) mass is 313 g/mol. The number of rotatable bonds is 4. The molecule has 0 aromatic heterocycles. The Morgan fingerprint density at radius 2 is 2.00 bits per heavy atom. The van der Waals surface area contributed by atoms with E-state index in [-0.39, 0.29) is 12.0 Å². The van der Waals surface area contributed by atoms with Gasteiger partial charge in [-0.3, -0.25) is 9.69 Å². The van der Waals surface area contributed by atoms with Gasteiger partial charge in [-0.1, -0.05) is 0 Å². The topological polar surface area (TPSA) is 36.0 Å². The number of carbonyl (C=O) groups excluding carboxylic acids is 1. The van der Waals surface area contributed by atoms with Gasteiger partial charge in [0, 0.05) is 38.8 Å². The molecule has 2 unspecified atom stereocenters. The van der Waals surface area contributed by atoms with Gasteiger partial charge >= 0.3 is 0 Å². The van der Waals surface area contributed by atoms with Crippen LogP contribution in [0.15, 0.2) is 0 Å². The molecule has 1 amide bonds. The molecule has 2 saturated heterocycles. The van der Waals surface area contributed by atoms with E-state index in [2.05, 4.69) is 23.9 Å². The first-order valence-electron chi connectivity index (χ1n) is 8.48. The number of ether oxygens (including phenoxy) is 1. The number of morpholine rings is 1. The van der Waals surface area contributed by atoms with Crippen LogP contribution in [0.3, 0.4) is 0 Å². The summed E-state index contributed by atoms with van der Waals surface area (Å²) in [7, 11) is 4.17. The molecule has 3 fully saturated rings. The summed E-state index contributed by atoms with van der Waals surface area (Å²) in [6.45, 7) is 5.06. The number of fused-ring (bicyclic) bond motifs is 1. The molecule has 22 heavy (non-hydrogen) atoms. The number of amides is 1.